The summed E-state index contributed by atoms with van der Waals surface area (Å²) in [4.78, 5) is 11.5. The fraction of sp³-hybridized carbons (Fsp3) is 0.588. The van der Waals surface area contributed by atoms with E-state index in [1.165, 1.54) is 19.3 Å². The summed E-state index contributed by atoms with van der Waals surface area (Å²) in [6.45, 7) is 4.61. The Morgan fingerprint density at radius 2 is 2.10 bits per heavy atom. The number of rotatable bonds is 2. The second-order valence-electron chi connectivity index (χ2n) is 7.00. The molecule has 2 aliphatic rings. The SMILES string of the molecule is CC1(C)CCCCC1C(Cl)c1cc2c(cc1Cl)NC(=O)C2. The predicted molar refractivity (Wildman–Crippen MR) is 88.1 cm³/mol. The minimum absolute atomic E-state index is 0.0299. The molecule has 1 fully saturated rings. The summed E-state index contributed by atoms with van der Waals surface area (Å²) in [7, 11) is 0. The van der Waals surface area contributed by atoms with E-state index in [-0.39, 0.29) is 16.7 Å². The zero-order valence-electron chi connectivity index (χ0n) is 12.5. The largest absolute Gasteiger partial charge is 0.325 e. The zero-order chi connectivity index (χ0) is 15.2. The molecule has 1 aliphatic carbocycles. The molecule has 114 valence electrons. The van der Waals surface area contributed by atoms with Crippen LogP contribution in [0.25, 0.3) is 0 Å². The van der Waals surface area contributed by atoms with Gasteiger partial charge in [0.2, 0.25) is 5.91 Å². The van der Waals surface area contributed by atoms with Crippen molar-refractivity contribution in [3.63, 3.8) is 0 Å². The van der Waals surface area contributed by atoms with E-state index in [1.807, 2.05) is 12.1 Å². The third-order valence-corrected chi connectivity index (χ3v) is 5.95. The minimum atomic E-state index is -0.0891. The van der Waals surface area contributed by atoms with Crippen LogP contribution in [0, 0.1) is 11.3 Å². The highest BCUT2D eigenvalue weighted by atomic mass is 35.5. The van der Waals surface area contributed by atoms with Crippen LogP contribution in [0.1, 0.15) is 56.0 Å². The Morgan fingerprint density at radius 3 is 2.81 bits per heavy atom. The lowest BCUT2D eigenvalue weighted by atomic mass is 9.66. The zero-order valence-corrected chi connectivity index (χ0v) is 14.0. The third kappa shape index (κ3) is 2.80. The fourth-order valence-corrected chi connectivity index (χ4v) is 4.74. The number of alkyl halides is 1. The lowest BCUT2D eigenvalue weighted by Gasteiger charge is -2.41. The van der Waals surface area contributed by atoms with Crippen molar-refractivity contribution in [3.05, 3.63) is 28.3 Å². The molecule has 0 bridgehead atoms. The van der Waals surface area contributed by atoms with Crippen LogP contribution in [0.4, 0.5) is 5.69 Å². The van der Waals surface area contributed by atoms with Gasteiger partial charge >= 0.3 is 0 Å². The maximum atomic E-state index is 11.5. The Labute approximate surface area is 136 Å². The Hall–Kier alpha value is -0.730. The van der Waals surface area contributed by atoms with Gasteiger partial charge in [-0.05, 0) is 41.4 Å². The topological polar surface area (TPSA) is 29.1 Å². The van der Waals surface area contributed by atoms with Gasteiger partial charge in [-0.2, -0.15) is 0 Å². The highest BCUT2D eigenvalue weighted by Crippen LogP contribution is 2.51. The first-order valence-electron chi connectivity index (χ1n) is 7.65. The number of amides is 1. The summed E-state index contributed by atoms with van der Waals surface area (Å²) < 4.78 is 0. The standard InChI is InChI=1S/C17H21Cl2NO/c1-17(2)6-4-3-5-12(17)16(19)11-7-10-8-15(21)20-14(10)9-13(11)18/h7,9,12,16H,3-6,8H2,1-2H3,(H,20,21). The number of carbonyl (C=O) groups excluding carboxylic acids is 1. The Morgan fingerprint density at radius 1 is 1.33 bits per heavy atom. The van der Waals surface area contributed by atoms with Gasteiger partial charge in [0, 0.05) is 10.7 Å². The molecule has 21 heavy (non-hydrogen) atoms. The van der Waals surface area contributed by atoms with Gasteiger partial charge in [-0.25, -0.2) is 0 Å². The van der Waals surface area contributed by atoms with E-state index in [2.05, 4.69) is 19.2 Å². The molecule has 2 nitrogen and oxygen atoms in total. The quantitative estimate of drug-likeness (QED) is 0.731. The van der Waals surface area contributed by atoms with Gasteiger partial charge in [0.15, 0.2) is 0 Å². The van der Waals surface area contributed by atoms with Crippen molar-refractivity contribution in [1.82, 2.24) is 0 Å². The first-order valence-corrected chi connectivity index (χ1v) is 8.46. The average molecular weight is 326 g/mol. The summed E-state index contributed by atoms with van der Waals surface area (Å²) in [5.41, 5.74) is 3.06. The Bertz CT molecular complexity index is 582. The molecule has 1 heterocycles. The van der Waals surface area contributed by atoms with Crippen LogP contribution in [0.2, 0.25) is 5.02 Å². The first kappa shape index (κ1) is 15.2. The van der Waals surface area contributed by atoms with E-state index in [1.54, 1.807) is 0 Å². The predicted octanol–water partition coefficient (Wildman–Crippen LogP) is 5.33. The molecule has 1 aromatic rings. The van der Waals surface area contributed by atoms with Crippen LogP contribution < -0.4 is 5.32 Å². The molecule has 0 spiro atoms. The van der Waals surface area contributed by atoms with E-state index in [4.69, 9.17) is 23.2 Å². The molecule has 1 amide bonds. The molecule has 3 rings (SSSR count). The number of fused-ring (bicyclic) bond motifs is 1. The highest BCUT2D eigenvalue weighted by Gasteiger charge is 2.38. The van der Waals surface area contributed by atoms with E-state index < -0.39 is 0 Å². The van der Waals surface area contributed by atoms with Crippen molar-refractivity contribution < 1.29 is 4.79 Å². The molecule has 0 radical (unpaired) electrons. The average Bonchev–Trinajstić information content (AvgIpc) is 2.75. The summed E-state index contributed by atoms with van der Waals surface area (Å²) in [6, 6.07) is 3.88. The van der Waals surface area contributed by atoms with E-state index in [0.717, 1.165) is 23.2 Å². The van der Waals surface area contributed by atoms with Crippen LogP contribution in [0.3, 0.4) is 0 Å². The Kier molecular flexibility index (Phi) is 3.96. The summed E-state index contributed by atoms with van der Waals surface area (Å²) in [5.74, 6) is 0.455. The van der Waals surface area contributed by atoms with Gasteiger partial charge in [-0.3, -0.25) is 4.79 Å². The van der Waals surface area contributed by atoms with Crippen molar-refractivity contribution in [3.8, 4) is 0 Å². The van der Waals surface area contributed by atoms with Crippen molar-refractivity contribution >= 4 is 34.8 Å². The molecule has 1 aromatic carbocycles. The lowest BCUT2D eigenvalue weighted by Crippen LogP contribution is -2.31. The van der Waals surface area contributed by atoms with Gasteiger partial charge in [0.25, 0.3) is 0 Å². The maximum Gasteiger partial charge on any atom is 0.228 e. The molecule has 0 saturated heterocycles. The number of halogens is 2. The lowest BCUT2D eigenvalue weighted by molar-refractivity contribution is -0.115. The molecule has 2 unspecified atom stereocenters. The van der Waals surface area contributed by atoms with Gasteiger partial charge in [0.1, 0.15) is 0 Å². The molecule has 1 aliphatic heterocycles. The second-order valence-corrected chi connectivity index (χ2v) is 7.88. The molecular formula is C17H21Cl2NO. The van der Waals surface area contributed by atoms with Gasteiger partial charge in [-0.1, -0.05) is 44.4 Å². The van der Waals surface area contributed by atoms with E-state index >= 15 is 0 Å². The van der Waals surface area contributed by atoms with Gasteiger partial charge < -0.3 is 5.32 Å². The number of benzene rings is 1. The van der Waals surface area contributed by atoms with E-state index in [9.17, 15) is 4.79 Å². The molecule has 1 saturated carbocycles. The molecule has 2 atom stereocenters. The Balaban J connectivity index is 1.93. The van der Waals surface area contributed by atoms with Crippen LogP contribution >= 0.6 is 23.2 Å². The number of anilines is 1. The fourth-order valence-electron chi connectivity index (χ4n) is 3.76. The minimum Gasteiger partial charge on any atom is -0.325 e. The second kappa shape index (κ2) is 5.48. The molecule has 1 N–H and O–H groups in total. The smallest absolute Gasteiger partial charge is 0.228 e. The normalized spacial score (nSPS) is 25.3. The van der Waals surface area contributed by atoms with Gasteiger partial charge in [0.05, 0.1) is 11.8 Å². The number of hydrogen-bond donors (Lipinski definition) is 1. The maximum absolute atomic E-state index is 11.5. The van der Waals surface area contributed by atoms with Crippen molar-refractivity contribution in [1.29, 1.82) is 0 Å². The van der Waals surface area contributed by atoms with Crippen LogP contribution in [0.5, 0.6) is 0 Å². The van der Waals surface area contributed by atoms with Crippen molar-refractivity contribution in [2.45, 2.75) is 51.3 Å². The molecule has 4 heteroatoms. The van der Waals surface area contributed by atoms with Crippen LogP contribution in [-0.4, -0.2) is 5.91 Å². The highest BCUT2D eigenvalue weighted by molar-refractivity contribution is 6.33. The van der Waals surface area contributed by atoms with Crippen LogP contribution in [-0.2, 0) is 11.2 Å². The van der Waals surface area contributed by atoms with Crippen molar-refractivity contribution in [2.75, 3.05) is 5.32 Å². The van der Waals surface area contributed by atoms with Gasteiger partial charge in [-0.15, -0.1) is 11.6 Å². The number of hydrogen-bond acceptors (Lipinski definition) is 1. The monoisotopic (exact) mass is 325 g/mol. The van der Waals surface area contributed by atoms with Crippen molar-refractivity contribution in [2.24, 2.45) is 11.3 Å². The third-order valence-electron chi connectivity index (χ3n) is 5.09. The number of carbonyl (C=O) groups is 1. The number of nitrogens with one attached hydrogen (secondary N) is 1. The summed E-state index contributed by atoms with van der Waals surface area (Å²) >= 11 is 13.3. The van der Waals surface area contributed by atoms with Crippen LogP contribution in [0.15, 0.2) is 12.1 Å². The summed E-state index contributed by atoms with van der Waals surface area (Å²) in [6.07, 6.45) is 5.30. The molecular weight excluding hydrogens is 305 g/mol. The van der Waals surface area contributed by atoms with E-state index in [0.29, 0.717) is 17.4 Å². The molecule has 0 aromatic heterocycles. The first-order chi connectivity index (χ1) is 9.88. The summed E-state index contributed by atoms with van der Waals surface area (Å²) in [5, 5.41) is 3.41.